The van der Waals surface area contributed by atoms with Gasteiger partial charge in [-0.15, -0.1) is 12.4 Å². The van der Waals surface area contributed by atoms with E-state index in [0.29, 0.717) is 18.9 Å². The molecular formula is C11H14ClF3N2O. The third-order valence-corrected chi connectivity index (χ3v) is 2.61. The lowest BCUT2D eigenvalue weighted by molar-refractivity contribution is -0.137. The van der Waals surface area contributed by atoms with Gasteiger partial charge in [-0.1, -0.05) is 0 Å². The van der Waals surface area contributed by atoms with Crippen LogP contribution in [0.2, 0.25) is 0 Å². The van der Waals surface area contributed by atoms with Crippen molar-refractivity contribution in [3.05, 3.63) is 29.6 Å². The van der Waals surface area contributed by atoms with Crippen LogP contribution in [0.1, 0.15) is 24.2 Å². The van der Waals surface area contributed by atoms with E-state index >= 15 is 0 Å². The van der Waals surface area contributed by atoms with Gasteiger partial charge in [0.1, 0.15) is 0 Å². The number of pyridine rings is 1. The maximum atomic E-state index is 12.3. The van der Waals surface area contributed by atoms with E-state index in [-0.39, 0.29) is 24.5 Å². The number of morpholine rings is 1. The Bertz CT molecular complexity index is 383. The molecule has 1 unspecified atom stereocenters. The lowest BCUT2D eigenvalue weighted by Gasteiger charge is -2.28. The third kappa shape index (κ3) is 3.57. The van der Waals surface area contributed by atoms with Crippen molar-refractivity contribution in [2.24, 2.45) is 0 Å². The number of ether oxygens (including phenoxy) is 1. The first-order valence-corrected chi connectivity index (χ1v) is 5.34. The van der Waals surface area contributed by atoms with Crippen molar-refractivity contribution in [2.75, 3.05) is 13.2 Å². The molecule has 102 valence electrons. The zero-order valence-corrected chi connectivity index (χ0v) is 10.5. The Labute approximate surface area is 109 Å². The number of halogens is 4. The van der Waals surface area contributed by atoms with Crippen molar-refractivity contribution in [3.63, 3.8) is 0 Å². The van der Waals surface area contributed by atoms with E-state index in [4.69, 9.17) is 4.74 Å². The average Bonchev–Trinajstić information content (AvgIpc) is 2.28. The van der Waals surface area contributed by atoms with Crippen molar-refractivity contribution in [2.45, 2.75) is 25.2 Å². The average molecular weight is 283 g/mol. The molecule has 0 aliphatic carbocycles. The molecule has 1 aromatic heterocycles. The van der Waals surface area contributed by atoms with Crippen LogP contribution in [0, 0.1) is 0 Å². The molecule has 0 radical (unpaired) electrons. The summed E-state index contributed by atoms with van der Waals surface area (Å²) in [6.45, 7) is 3.00. The summed E-state index contributed by atoms with van der Waals surface area (Å²) in [5.74, 6) is 0. The fraction of sp³-hybridized carbons (Fsp3) is 0.545. The second-order valence-corrected chi connectivity index (χ2v) is 4.13. The van der Waals surface area contributed by atoms with Crippen LogP contribution in [0.4, 0.5) is 13.2 Å². The number of hydrogen-bond acceptors (Lipinski definition) is 3. The summed E-state index contributed by atoms with van der Waals surface area (Å²) in [5.41, 5.74) is -0.157. The Balaban J connectivity index is 0.00000162. The number of alkyl halides is 3. The van der Waals surface area contributed by atoms with Crippen molar-refractivity contribution in [1.82, 2.24) is 10.3 Å². The molecule has 3 nitrogen and oxygen atoms in total. The van der Waals surface area contributed by atoms with Crippen LogP contribution in [0.5, 0.6) is 0 Å². The lowest BCUT2D eigenvalue weighted by atomic mass is 10.1. The number of nitrogens with one attached hydrogen (secondary N) is 1. The first kappa shape index (κ1) is 15.2. The minimum absolute atomic E-state index is 0. The van der Waals surface area contributed by atoms with Crippen LogP contribution in [0.25, 0.3) is 0 Å². The van der Waals surface area contributed by atoms with Crippen LogP contribution in [-0.2, 0) is 10.9 Å². The van der Waals surface area contributed by atoms with Crippen molar-refractivity contribution in [3.8, 4) is 0 Å². The van der Waals surface area contributed by atoms with Crippen LogP contribution in [0.15, 0.2) is 18.3 Å². The second kappa shape index (κ2) is 5.86. The Kier molecular flexibility index (Phi) is 4.95. The van der Waals surface area contributed by atoms with Crippen molar-refractivity contribution in [1.29, 1.82) is 0 Å². The van der Waals surface area contributed by atoms with E-state index < -0.39 is 11.7 Å². The van der Waals surface area contributed by atoms with Crippen LogP contribution >= 0.6 is 12.4 Å². The molecule has 0 saturated carbocycles. The summed E-state index contributed by atoms with van der Waals surface area (Å²) < 4.78 is 42.4. The van der Waals surface area contributed by atoms with Crippen LogP contribution < -0.4 is 5.32 Å². The maximum Gasteiger partial charge on any atom is 0.417 e. The van der Waals surface area contributed by atoms with Crippen LogP contribution in [0.3, 0.4) is 0 Å². The highest BCUT2D eigenvalue weighted by Crippen LogP contribution is 2.29. The molecule has 1 aliphatic rings. The van der Waals surface area contributed by atoms with Crippen molar-refractivity contribution >= 4 is 12.4 Å². The molecule has 7 heteroatoms. The smallest absolute Gasteiger partial charge is 0.378 e. The topological polar surface area (TPSA) is 34.1 Å². The minimum Gasteiger partial charge on any atom is -0.378 e. The summed E-state index contributed by atoms with van der Waals surface area (Å²) >= 11 is 0. The normalized spacial score (nSPS) is 24.4. The largest absolute Gasteiger partial charge is 0.417 e. The van der Waals surface area contributed by atoms with Gasteiger partial charge in [-0.2, -0.15) is 13.2 Å². The molecule has 18 heavy (non-hydrogen) atoms. The quantitative estimate of drug-likeness (QED) is 0.860. The summed E-state index contributed by atoms with van der Waals surface area (Å²) in [7, 11) is 0. The Hall–Kier alpha value is -0.850. The summed E-state index contributed by atoms with van der Waals surface area (Å²) in [6.07, 6.45) is -3.48. The van der Waals surface area contributed by atoms with Gasteiger partial charge in [0.2, 0.25) is 0 Å². The standard InChI is InChI=1S/C11H13F3N2O.ClH/c1-7-5-17-6-10(16-7)9-3-2-8(4-15-9)11(12,13)14;/h2-4,7,10,16H,5-6H2,1H3;1H/t7-,10?;/m1./s1. The van der Waals surface area contributed by atoms with Gasteiger partial charge in [0.15, 0.2) is 0 Å². The molecule has 1 saturated heterocycles. The van der Waals surface area contributed by atoms with Gasteiger partial charge in [-0.25, -0.2) is 0 Å². The molecule has 2 heterocycles. The molecule has 2 atom stereocenters. The molecule has 1 aromatic rings. The van der Waals surface area contributed by atoms with E-state index in [2.05, 4.69) is 10.3 Å². The molecule has 1 N–H and O–H groups in total. The van der Waals surface area contributed by atoms with Gasteiger partial charge in [0.25, 0.3) is 0 Å². The van der Waals surface area contributed by atoms with E-state index in [1.165, 1.54) is 6.07 Å². The number of rotatable bonds is 1. The molecule has 0 aromatic carbocycles. The highest BCUT2D eigenvalue weighted by Gasteiger charge is 2.31. The van der Waals surface area contributed by atoms with E-state index in [1.807, 2.05) is 6.92 Å². The third-order valence-electron chi connectivity index (χ3n) is 2.61. The maximum absolute atomic E-state index is 12.3. The Morgan fingerprint density at radius 3 is 2.56 bits per heavy atom. The Morgan fingerprint density at radius 2 is 2.06 bits per heavy atom. The SMILES string of the molecule is C[C@@H]1COCC(c2ccc(C(F)(F)F)cn2)N1.Cl. The predicted octanol–water partition coefficient (Wildman–Crippen LogP) is 2.57. The molecular weight excluding hydrogens is 269 g/mol. The Morgan fingerprint density at radius 1 is 1.33 bits per heavy atom. The van der Waals surface area contributed by atoms with Crippen LogP contribution in [-0.4, -0.2) is 24.2 Å². The van der Waals surface area contributed by atoms with Gasteiger partial charge in [0, 0.05) is 12.2 Å². The first-order valence-electron chi connectivity index (χ1n) is 5.34. The summed E-state index contributed by atoms with van der Waals surface area (Å²) in [5, 5.41) is 3.22. The fourth-order valence-electron chi connectivity index (χ4n) is 1.75. The van der Waals surface area contributed by atoms with Crippen molar-refractivity contribution < 1.29 is 17.9 Å². The highest BCUT2D eigenvalue weighted by molar-refractivity contribution is 5.85. The highest BCUT2D eigenvalue weighted by atomic mass is 35.5. The summed E-state index contributed by atoms with van der Waals surface area (Å²) in [6, 6.07) is 2.48. The van der Waals surface area contributed by atoms with Gasteiger partial charge < -0.3 is 10.1 Å². The molecule has 1 fully saturated rings. The molecule has 0 bridgehead atoms. The van der Waals surface area contributed by atoms with E-state index in [0.717, 1.165) is 12.3 Å². The number of hydrogen-bond donors (Lipinski definition) is 1. The lowest BCUT2D eigenvalue weighted by Crippen LogP contribution is -2.42. The monoisotopic (exact) mass is 282 g/mol. The van der Waals surface area contributed by atoms with Gasteiger partial charge in [-0.05, 0) is 19.1 Å². The number of aromatic nitrogens is 1. The summed E-state index contributed by atoms with van der Waals surface area (Å²) in [4.78, 5) is 3.84. The first-order chi connectivity index (χ1) is 7.97. The minimum atomic E-state index is -4.34. The molecule has 1 aliphatic heterocycles. The fourth-order valence-corrected chi connectivity index (χ4v) is 1.75. The van der Waals surface area contributed by atoms with Gasteiger partial charge >= 0.3 is 6.18 Å². The number of nitrogens with zero attached hydrogens (tertiary/aromatic N) is 1. The zero-order valence-electron chi connectivity index (χ0n) is 9.70. The van der Waals surface area contributed by atoms with E-state index in [9.17, 15) is 13.2 Å². The molecule has 0 spiro atoms. The van der Waals surface area contributed by atoms with Gasteiger partial charge in [-0.3, -0.25) is 4.98 Å². The zero-order chi connectivity index (χ0) is 12.5. The second-order valence-electron chi connectivity index (χ2n) is 4.13. The van der Waals surface area contributed by atoms with Gasteiger partial charge in [0.05, 0.1) is 30.5 Å². The molecule has 0 amide bonds. The van der Waals surface area contributed by atoms with E-state index in [1.54, 1.807) is 0 Å². The predicted molar refractivity (Wildman–Crippen MR) is 62.6 cm³/mol. The molecule has 2 rings (SSSR count).